The summed E-state index contributed by atoms with van der Waals surface area (Å²) in [6.07, 6.45) is 1.17. The summed E-state index contributed by atoms with van der Waals surface area (Å²) >= 11 is 0. The summed E-state index contributed by atoms with van der Waals surface area (Å²) in [5.74, 6) is -0.100. The summed E-state index contributed by atoms with van der Waals surface area (Å²) in [6, 6.07) is 14.0. The van der Waals surface area contributed by atoms with Crippen molar-refractivity contribution in [2.24, 2.45) is 0 Å². The van der Waals surface area contributed by atoms with E-state index < -0.39 is 6.10 Å². The first-order valence-corrected chi connectivity index (χ1v) is 12.4. The molecule has 0 spiro atoms. The highest BCUT2D eigenvalue weighted by atomic mass is 16.3. The van der Waals surface area contributed by atoms with Crippen LogP contribution in [0.3, 0.4) is 0 Å². The van der Waals surface area contributed by atoms with Gasteiger partial charge in [-0.15, -0.1) is 0 Å². The zero-order chi connectivity index (χ0) is 23.8. The highest BCUT2D eigenvalue weighted by Crippen LogP contribution is 2.27. The van der Waals surface area contributed by atoms with Gasteiger partial charge >= 0.3 is 0 Å². The summed E-state index contributed by atoms with van der Waals surface area (Å²) in [7, 11) is 0. The smallest absolute Gasteiger partial charge is 0.256 e. The van der Waals surface area contributed by atoms with Gasteiger partial charge in [-0.1, -0.05) is 24.3 Å². The first-order chi connectivity index (χ1) is 16.4. The number of aliphatic hydroxyl groups excluding tert-OH is 1. The molecule has 0 unspecified atom stereocenters. The average molecular weight is 463 g/mol. The maximum absolute atomic E-state index is 13.3. The van der Waals surface area contributed by atoms with E-state index in [1.807, 2.05) is 18.7 Å². The average Bonchev–Trinajstić information content (AvgIpc) is 3.01. The molecule has 2 aromatic carbocycles. The highest BCUT2D eigenvalue weighted by molar-refractivity contribution is 6.03. The fraction of sp³-hybridized carbons (Fsp3) is 0.481. The van der Waals surface area contributed by atoms with E-state index in [-0.39, 0.29) is 23.9 Å². The molecule has 34 heavy (non-hydrogen) atoms. The normalized spacial score (nSPS) is 23.2. The van der Waals surface area contributed by atoms with E-state index in [0.717, 1.165) is 25.9 Å². The van der Waals surface area contributed by atoms with Crippen LogP contribution in [0, 0.1) is 0 Å². The third kappa shape index (κ3) is 4.30. The fourth-order valence-electron chi connectivity index (χ4n) is 5.58. The number of nitrogens with one attached hydrogen (secondary N) is 1. The van der Waals surface area contributed by atoms with Crippen molar-refractivity contribution >= 4 is 17.5 Å². The van der Waals surface area contributed by atoms with Gasteiger partial charge in [0.15, 0.2) is 0 Å². The molecular formula is C27H34N4O3. The van der Waals surface area contributed by atoms with Crippen LogP contribution >= 0.6 is 0 Å². The van der Waals surface area contributed by atoms with Crippen LogP contribution in [0.4, 0.5) is 5.69 Å². The van der Waals surface area contributed by atoms with Gasteiger partial charge in [0.05, 0.1) is 11.7 Å². The van der Waals surface area contributed by atoms with E-state index in [9.17, 15) is 14.7 Å². The van der Waals surface area contributed by atoms with Crippen molar-refractivity contribution in [2.75, 3.05) is 38.0 Å². The van der Waals surface area contributed by atoms with Crippen LogP contribution in [-0.4, -0.2) is 82.5 Å². The van der Waals surface area contributed by atoms with Crippen LogP contribution < -0.4 is 5.32 Å². The molecule has 180 valence electrons. The van der Waals surface area contributed by atoms with Crippen molar-refractivity contribution in [3.63, 3.8) is 0 Å². The third-order valence-electron chi connectivity index (χ3n) is 7.51. The minimum Gasteiger partial charge on any atom is -0.390 e. The molecule has 0 saturated carbocycles. The Morgan fingerprint density at radius 3 is 2.65 bits per heavy atom. The van der Waals surface area contributed by atoms with E-state index in [1.54, 1.807) is 23.1 Å². The highest BCUT2D eigenvalue weighted by Gasteiger charge is 2.35. The zero-order valence-electron chi connectivity index (χ0n) is 20.0. The number of anilines is 1. The molecule has 0 bridgehead atoms. The number of aliphatic hydroxyl groups is 1. The molecule has 3 aliphatic rings. The molecule has 3 heterocycles. The number of benzene rings is 2. The van der Waals surface area contributed by atoms with Crippen LogP contribution in [0.2, 0.25) is 0 Å². The van der Waals surface area contributed by atoms with Gasteiger partial charge in [0.25, 0.3) is 11.8 Å². The lowest BCUT2D eigenvalue weighted by Crippen LogP contribution is -2.56. The Kier molecular flexibility index (Phi) is 6.32. The molecule has 2 N–H and O–H groups in total. The number of carbonyl (C=O) groups is 2. The number of rotatable bonds is 3. The molecule has 5 rings (SSSR count). The number of carbonyl (C=O) groups excluding carboxylic acids is 2. The van der Waals surface area contributed by atoms with Gasteiger partial charge in [-0.2, -0.15) is 0 Å². The molecule has 2 amide bonds. The van der Waals surface area contributed by atoms with E-state index in [4.69, 9.17) is 0 Å². The quantitative estimate of drug-likeness (QED) is 0.733. The minimum absolute atomic E-state index is 0.00617. The Morgan fingerprint density at radius 2 is 1.88 bits per heavy atom. The predicted octanol–water partition coefficient (Wildman–Crippen LogP) is 2.60. The van der Waals surface area contributed by atoms with E-state index in [2.05, 4.69) is 34.5 Å². The predicted molar refractivity (Wildman–Crippen MR) is 132 cm³/mol. The molecule has 7 heteroatoms. The molecule has 1 fully saturated rings. The minimum atomic E-state index is -0.580. The van der Waals surface area contributed by atoms with Crippen LogP contribution in [0.25, 0.3) is 0 Å². The molecular weight excluding hydrogens is 428 g/mol. The number of likely N-dealkylation sites (tertiary alicyclic amines) is 1. The second-order valence-electron chi connectivity index (χ2n) is 9.94. The third-order valence-corrected chi connectivity index (χ3v) is 7.51. The van der Waals surface area contributed by atoms with Crippen molar-refractivity contribution < 1.29 is 14.7 Å². The Labute approximate surface area is 201 Å². The number of hydrogen-bond acceptors (Lipinski definition) is 5. The SMILES string of the molecule is CC(C)N1CCNc2cc(C(=O)N3CC[C@H](N4CCc5ccccc5C4)[C@@H](O)C3)ccc2C1=O. The lowest BCUT2D eigenvalue weighted by atomic mass is 9.94. The lowest BCUT2D eigenvalue weighted by Gasteiger charge is -2.43. The van der Waals surface area contributed by atoms with Gasteiger partial charge in [-0.25, -0.2) is 0 Å². The van der Waals surface area contributed by atoms with Crippen LogP contribution in [0.5, 0.6) is 0 Å². The Bertz CT molecular complexity index is 1090. The van der Waals surface area contributed by atoms with Crippen molar-refractivity contribution in [1.29, 1.82) is 0 Å². The fourth-order valence-corrected chi connectivity index (χ4v) is 5.58. The number of fused-ring (bicyclic) bond motifs is 2. The van der Waals surface area contributed by atoms with Gasteiger partial charge < -0.3 is 20.2 Å². The second-order valence-corrected chi connectivity index (χ2v) is 9.94. The van der Waals surface area contributed by atoms with Crippen molar-refractivity contribution in [1.82, 2.24) is 14.7 Å². The number of piperidine rings is 1. The largest absolute Gasteiger partial charge is 0.390 e. The van der Waals surface area contributed by atoms with Gasteiger partial charge in [0.1, 0.15) is 0 Å². The Balaban J connectivity index is 1.26. The summed E-state index contributed by atoms with van der Waals surface area (Å²) in [6.45, 7) is 8.04. The van der Waals surface area contributed by atoms with E-state index in [1.165, 1.54) is 11.1 Å². The Hall–Kier alpha value is -2.90. The number of amides is 2. The summed E-state index contributed by atoms with van der Waals surface area (Å²) in [4.78, 5) is 32.2. The first-order valence-electron chi connectivity index (χ1n) is 12.4. The van der Waals surface area contributed by atoms with Crippen LogP contribution in [0.15, 0.2) is 42.5 Å². The summed E-state index contributed by atoms with van der Waals surface area (Å²) < 4.78 is 0. The number of nitrogens with zero attached hydrogens (tertiary/aromatic N) is 3. The number of hydrogen-bond donors (Lipinski definition) is 2. The maximum atomic E-state index is 13.3. The molecule has 0 radical (unpaired) electrons. The summed E-state index contributed by atoms with van der Waals surface area (Å²) in [5.41, 5.74) is 4.60. The standard InChI is InChI=1S/C27H34N4O3/c1-18(2)31-14-11-28-23-15-20(7-8-22(23)27(31)34)26(33)30-13-10-24(25(32)17-30)29-12-9-19-5-3-4-6-21(19)16-29/h3-8,15,18,24-25,28,32H,9-14,16-17H2,1-2H3/t24-,25-/m0/s1. The number of β-amino-alcohol motifs (C(OH)–C–C–N with tert-alkyl or cyclic N) is 1. The van der Waals surface area contributed by atoms with E-state index >= 15 is 0 Å². The van der Waals surface area contributed by atoms with Gasteiger partial charge in [-0.3, -0.25) is 14.5 Å². The lowest BCUT2D eigenvalue weighted by molar-refractivity contribution is -0.0137. The molecule has 3 aliphatic heterocycles. The molecule has 7 nitrogen and oxygen atoms in total. The van der Waals surface area contributed by atoms with Gasteiger partial charge in [0, 0.05) is 62.6 Å². The molecule has 2 aromatic rings. The molecule has 0 aliphatic carbocycles. The molecule has 2 atom stereocenters. The Morgan fingerprint density at radius 1 is 1.09 bits per heavy atom. The zero-order valence-corrected chi connectivity index (χ0v) is 20.0. The monoisotopic (exact) mass is 462 g/mol. The van der Waals surface area contributed by atoms with Crippen LogP contribution in [-0.2, 0) is 13.0 Å². The van der Waals surface area contributed by atoms with Crippen molar-refractivity contribution in [2.45, 2.75) is 51.4 Å². The molecule has 1 saturated heterocycles. The maximum Gasteiger partial charge on any atom is 0.256 e. The van der Waals surface area contributed by atoms with Gasteiger partial charge in [0.2, 0.25) is 0 Å². The topological polar surface area (TPSA) is 76.1 Å². The first kappa shape index (κ1) is 22.9. The van der Waals surface area contributed by atoms with E-state index in [0.29, 0.717) is 43.0 Å². The van der Waals surface area contributed by atoms with Crippen molar-refractivity contribution in [3.05, 3.63) is 64.7 Å². The second kappa shape index (κ2) is 9.39. The summed E-state index contributed by atoms with van der Waals surface area (Å²) in [5, 5.41) is 14.3. The van der Waals surface area contributed by atoms with Crippen LogP contribution in [0.1, 0.15) is 52.1 Å². The van der Waals surface area contributed by atoms with Crippen molar-refractivity contribution in [3.8, 4) is 0 Å². The molecule has 0 aromatic heterocycles. The van der Waals surface area contributed by atoms with Gasteiger partial charge in [-0.05, 0) is 56.0 Å².